The van der Waals surface area contributed by atoms with Crippen molar-refractivity contribution in [2.75, 3.05) is 7.05 Å². The van der Waals surface area contributed by atoms with Gasteiger partial charge in [0.2, 0.25) is 0 Å². The van der Waals surface area contributed by atoms with Gasteiger partial charge in [-0.3, -0.25) is 4.99 Å². The number of aromatic carboxylic acids is 1. The number of aromatic nitrogens is 1. The molecule has 3 aromatic rings. The second-order valence-electron chi connectivity index (χ2n) is 6.75. The quantitative estimate of drug-likeness (QED) is 0.402. The SMILES string of the molecule is CCCC=C(C=NC)n1c(C)c(Sc2cccc(C(=O)O)c2)c2ccc(Cl)c(F)c21. The van der Waals surface area contributed by atoms with E-state index in [0.717, 1.165) is 34.0 Å². The highest BCUT2D eigenvalue weighted by atomic mass is 35.5. The van der Waals surface area contributed by atoms with E-state index in [1.807, 2.05) is 23.6 Å². The Balaban J connectivity index is 2.26. The lowest BCUT2D eigenvalue weighted by Gasteiger charge is -2.11. The molecule has 0 amide bonds. The van der Waals surface area contributed by atoms with E-state index in [-0.39, 0.29) is 10.6 Å². The topological polar surface area (TPSA) is 54.6 Å². The first kappa shape index (κ1) is 22.1. The second kappa shape index (κ2) is 9.49. The summed E-state index contributed by atoms with van der Waals surface area (Å²) in [4.78, 5) is 17.1. The molecule has 0 aliphatic rings. The zero-order valence-electron chi connectivity index (χ0n) is 16.9. The Labute approximate surface area is 184 Å². The lowest BCUT2D eigenvalue weighted by Crippen LogP contribution is -2.02. The third kappa shape index (κ3) is 4.30. The van der Waals surface area contributed by atoms with Crippen LogP contribution in [0, 0.1) is 12.7 Å². The van der Waals surface area contributed by atoms with Gasteiger partial charge in [-0.15, -0.1) is 0 Å². The van der Waals surface area contributed by atoms with Gasteiger partial charge in [0.15, 0.2) is 5.82 Å². The van der Waals surface area contributed by atoms with Gasteiger partial charge in [-0.2, -0.15) is 0 Å². The molecule has 0 saturated carbocycles. The van der Waals surface area contributed by atoms with Crippen LogP contribution in [-0.4, -0.2) is 28.9 Å². The number of halogens is 2. The maximum absolute atomic E-state index is 15.2. The summed E-state index contributed by atoms with van der Waals surface area (Å²) in [7, 11) is 1.68. The number of carboxylic acid groups (broad SMARTS) is 1. The number of rotatable bonds is 7. The highest BCUT2D eigenvalue weighted by molar-refractivity contribution is 7.99. The molecule has 30 heavy (non-hydrogen) atoms. The van der Waals surface area contributed by atoms with Crippen molar-refractivity contribution in [2.45, 2.75) is 36.5 Å². The average molecular weight is 445 g/mol. The number of aliphatic imine (C=N–C) groups is 1. The molecule has 2 aromatic carbocycles. The molecule has 0 fully saturated rings. The summed E-state index contributed by atoms with van der Waals surface area (Å²) in [5.41, 5.74) is 2.20. The fourth-order valence-electron chi connectivity index (χ4n) is 3.29. The van der Waals surface area contributed by atoms with Gasteiger partial charge in [0, 0.05) is 34.1 Å². The van der Waals surface area contributed by atoms with Crippen molar-refractivity contribution in [1.29, 1.82) is 0 Å². The van der Waals surface area contributed by atoms with Crippen LogP contribution in [-0.2, 0) is 0 Å². The van der Waals surface area contributed by atoms with Crippen LogP contribution in [0.3, 0.4) is 0 Å². The molecule has 0 radical (unpaired) electrons. The van der Waals surface area contributed by atoms with Crippen molar-refractivity contribution < 1.29 is 14.3 Å². The highest BCUT2D eigenvalue weighted by Gasteiger charge is 2.21. The van der Waals surface area contributed by atoms with Crippen LogP contribution in [0.2, 0.25) is 5.02 Å². The minimum atomic E-state index is -0.988. The molecule has 1 heterocycles. The minimum Gasteiger partial charge on any atom is -0.478 e. The van der Waals surface area contributed by atoms with Gasteiger partial charge in [-0.05, 0) is 43.7 Å². The highest BCUT2D eigenvalue weighted by Crippen LogP contribution is 2.41. The fourth-order valence-corrected chi connectivity index (χ4v) is 4.53. The van der Waals surface area contributed by atoms with E-state index < -0.39 is 11.8 Å². The zero-order valence-corrected chi connectivity index (χ0v) is 18.5. The van der Waals surface area contributed by atoms with Crippen LogP contribution in [0.5, 0.6) is 0 Å². The summed E-state index contributed by atoms with van der Waals surface area (Å²) >= 11 is 7.51. The Hall–Kier alpha value is -2.57. The van der Waals surface area contributed by atoms with Crippen molar-refractivity contribution in [3.8, 4) is 0 Å². The van der Waals surface area contributed by atoms with E-state index in [2.05, 4.69) is 11.9 Å². The van der Waals surface area contributed by atoms with E-state index >= 15 is 4.39 Å². The van der Waals surface area contributed by atoms with Crippen LogP contribution in [0.15, 0.2) is 57.3 Å². The molecule has 0 aliphatic carbocycles. The predicted molar refractivity (Wildman–Crippen MR) is 123 cm³/mol. The number of hydrogen-bond donors (Lipinski definition) is 1. The smallest absolute Gasteiger partial charge is 0.335 e. The molecule has 1 N–H and O–H groups in total. The van der Waals surface area contributed by atoms with Gasteiger partial charge >= 0.3 is 5.97 Å². The average Bonchev–Trinajstić information content (AvgIpc) is 3.00. The number of hydrogen-bond acceptors (Lipinski definition) is 3. The van der Waals surface area contributed by atoms with Gasteiger partial charge in [-0.25, -0.2) is 9.18 Å². The summed E-state index contributed by atoms with van der Waals surface area (Å²) in [6, 6.07) is 10.0. The fraction of sp³-hybridized carbons (Fsp3) is 0.217. The van der Waals surface area contributed by atoms with Gasteiger partial charge in [0.1, 0.15) is 0 Å². The van der Waals surface area contributed by atoms with E-state index in [0.29, 0.717) is 10.9 Å². The first-order valence-electron chi connectivity index (χ1n) is 9.51. The van der Waals surface area contributed by atoms with Crippen molar-refractivity contribution >= 4 is 52.1 Å². The predicted octanol–water partition coefficient (Wildman–Crippen LogP) is 6.93. The zero-order chi connectivity index (χ0) is 21.8. The molecule has 1 aromatic heterocycles. The van der Waals surface area contributed by atoms with Gasteiger partial charge in [-0.1, -0.05) is 48.8 Å². The molecule has 0 bridgehead atoms. The molecular formula is C23H22ClFN2O2S. The largest absolute Gasteiger partial charge is 0.478 e. The molecule has 4 nitrogen and oxygen atoms in total. The Bertz CT molecular complexity index is 1170. The van der Waals surface area contributed by atoms with Crippen LogP contribution in [0.1, 0.15) is 35.8 Å². The first-order valence-corrected chi connectivity index (χ1v) is 10.7. The van der Waals surface area contributed by atoms with E-state index in [1.165, 1.54) is 11.8 Å². The molecular weight excluding hydrogens is 423 g/mol. The number of nitrogens with zero attached hydrogens (tertiary/aromatic N) is 2. The molecule has 3 rings (SSSR count). The second-order valence-corrected chi connectivity index (χ2v) is 8.24. The van der Waals surface area contributed by atoms with Gasteiger partial charge < -0.3 is 9.67 Å². The van der Waals surface area contributed by atoms with Crippen molar-refractivity contribution in [2.24, 2.45) is 4.99 Å². The minimum absolute atomic E-state index is 0.0500. The van der Waals surface area contributed by atoms with Crippen LogP contribution >= 0.6 is 23.4 Å². The van der Waals surface area contributed by atoms with Crippen molar-refractivity contribution in [1.82, 2.24) is 4.57 Å². The number of carboxylic acids is 1. The first-order chi connectivity index (χ1) is 14.4. The molecule has 0 saturated heterocycles. The van der Waals surface area contributed by atoms with Gasteiger partial charge in [0.25, 0.3) is 0 Å². The third-order valence-electron chi connectivity index (χ3n) is 4.66. The molecule has 156 valence electrons. The number of unbranched alkanes of at least 4 members (excludes halogenated alkanes) is 1. The van der Waals surface area contributed by atoms with Gasteiger partial charge in [0.05, 0.1) is 21.8 Å². The van der Waals surface area contributed by atoms with Crippen molar-refractivity contribution in [3.05, 3.63) is 64.6 Å². The Morgan fingerprint density at radius 3 is 2.77 bits per heavy atom. The Morgan fingerprint density at radius 1 is 1.33 bits per heavy atom. The number of fused-ring (bicyclic) bond motifs is 1. The summed E-state index contributed by atoms with van der Waals surface area (Å²) < 4.78 is 17.0. The van der Waals surface area contributed by atoms with Crippen LogP contribution < -0.4 is 0 Å². The number of carbonyl (C=O) groups is 1. The summed E-state index contributed by atoms with van der Waals surface area (Å²) in [5, 5.41) is 10.1. The standard InChI is InChI=1S/C23H22ClFN2O2S/c1-4-5-8-16(13-26-3)27-14(2)22(18-10-11-19(24)20(25)21(18)27)30-17-9-6-7-15(12-17)23(28)29/h6-13H,4-5H2,1-3H3,(H,28,29). The Kier molecular flexibility index (Phi) is 7.00. The maximum atomic E-state index is 15.2. The lowest BCUT2D eigenvalue weighted by molar-refractivity contribution is 0.0696. The van der Waals surface area contributed by atoms with E-state index in [4.69, 9.17) is 11.6 Å². The third-order valence-corrected chi connectivity index (χ3v) is 6.16. The van der Waals surface area contributed by atoms with E-state index in [9.17, 15) is 9.90 Å². The summed E-state index contributed by atoms with van der Waals surface area (Å²) in [6.45, 7) is 3.99. The van der Waals surface area contributed by atoms with Crippen molar-refractivity contribution in [3.63, 3.8) is 0 Å². The molecule has 7 heteroatoms. The van der Waals surface area contributed by atoms with Crippen LogP contribution in [0.4, 0.5) is 4.39 Å². The lowest BCUT2D eigenvalue weighted by atomic mass is 10.2. The monoisotopic (exact) mass is 444 g/mol. The van der Waals surface area contributed by atoms with E-state index in [1.54, 1.807) is 43.6 Å². The number of benzene rings is 2. The molecule has 0 unspecified atom stereocenters. The number of allylic oxidation sites excluding steroid dienone is 2. The molecule has 0 spiro atoms. The summed E-state index contributed by atoms with van der Waals surface area (Å²) in [5.74, 6) is -1.48. The maximum Gasteiger partial charge on any atom is 0.335 e. The van der Waals surface area contributed by atoms with Crippen LogP contribution in [0.25, 0.3) is 16.6 Å². The normalized spacial score (nSPS) is 12.2. The molecule has 0 atom stereocenters. The Morgan fingerprint density at radius 2 is 2.10 bits per heavy atom. The molecule has 0 aliphatic heterocycles. The summed E-state index contributed by atoms with van der Waals surface area (Å²) in [6.07, 6.45) is 5.51.